The molecule has 1 saturated heterocycles. The van der Waals surface area contributed by atoms with E-state index in [9.17, 15) is 9.18 Å². The monoisotopic (exact) mass is 538 g/mol. The fourth-order valence-corrected chi connectivity index (χ4v) is 4.56. The summed E-state index contributed by atoms with van der Waals surface area (Å²) in [6.45, 7) is 7.83. The van der Waals surface area contributed by atoms with Crippen molar-refractivity contribution >= 4 is 28.4 Å². The number of halogens is 1. The molecule has 0 bridgehead atoms. The summed E-state index contributed by atoms with van der Waals surface area (Å²) in [5, 5.41) is 0.785. The van der Waals surface area contributed by atoms with Crippen molar-refractivity contribution in [2.75, 3.05) is 64.3 Å². The van der Waals surface area contributed by atoms with E-state index < -0.39 is 5.60 Å². The van der Waals surface area contributed by atoms with Gasteiger partial charge < -0.3 is 28.9 Å². The van der Waals surface area contributed by atoms with Crippen molar-refractivity contribution in [1.82, 2.24) is 9.88 Å². The molecule has 0 spiro atoms. The minimum absolute atomic E-state index is 0.147. The van der Waals surface area contributed by atoms with Crippen LogP contribution >= 0.6 is 0 Å². The van der Waals surface area contributed by atoms with Gasteiger partial charge in [0.1, 0.15) is 23.8 Å². The smallest absolute Gasteiger partial charge is 0.410 e. The molecule has 1 aliphatic heterocycles. The third-order valence-electron chi connectivity index (χ3n) is 6.71. The van der Waals surface area contributed by atoms with Crippen molar-refractivity contribution in [3.63, 3.8) is 0 Å². The first-order valence-corrected chi connectivity index (χ1v) is 13.2. The molecule has 0 aliphatic carbocycles. The summed E-state index contributed by atoms with van der Waals surface area (Å²) in [6.07, 6.45) is 0.684. The van der Waals surface area contributed by atoms with Crippen molar-refractivity contribution in [1.29, 1.82) is 0 Å². The van der Waals surface area contributed by atoms with Gasteiger partial charge in [0.15, 0.2) is 0 Å². The van der Waals surface area contributed by atoms with Gasteiger partial charge >= 0.3 is 6.09 Å². The van der Waals surface area contributed by atoms with E-state index in [4.69, 9.17) is 19.2 Å². The average Bonchev–Trinajstić information content (AvgIpc) is 3.36. The number of nitrogens with zero attached hydrogens (tertiary/aromatic N) is 4. The fraction of sp³-hybridized carbons (Fsp3) is 0.467. The van der Waals surface area contributed by atoms with E-state index in [1.165, 1.54) is 4.90 Å². The number of hydrogen-bond acceptors (Lipinski definition) is 7. The highest BCUT2D eigenvalue weighted by molar-refractivity contribution is 5.96. The normalized spacial score (nSPS) is 15.5. The van der Waals surface area contributed by atoms with Gasteiger partial charge in [-0.15, -0.1) is 0 Å². The van der Waals surface area contributed by atoms with Gasteiger partial charge in [-0.05, 0) is 69.7 Å². The first kappa shape index (κ1) is 28.4. The van der Waals surface area contributed by atoms with E-state index in [0.29, 0.717) is 24.6 Å². The zero-order valence-corrected chi connectivity index (χ0v) is 24.0. The molecule has 3 aromatic rings. The molecular weight excluding hydrogens is 499 g/mol. The van der Waals surface area contributed by atoms with Crippen LogP contribution in [0.1, 0.15) is 27.2 Å². The van der Waals surface area contributed by atoms with Crippen LogP contribution in [0.3, 0.4) is 0 Å². The van der Waals surface area contributed by atoms with Crippen LogP contribution < -0.4 is 14.5 Å². The number of anilines is 2. The van der Waals surface area contributed by atoms with E-state index in [1.807, 2.05) is 65.2 Å². The van der Waals surface area contributed by atoms with Gasteiger partial charge in [-0.3, -0.25) is 0 Å². The molecule has 4 rings (SSSR count). The first-order valence-electron chi connectivity index (χ1n) is 13.2. The van der Waals surface area contributed by atoms with Gasteiger partial charge in [0.05, 0.1) is 29.5 Å². The number of carbonyl (C=O) groups is 1. The molecule has 2 heterocycles. The predicted octanol–water partition coefficient (Wildman–Crippen LogP) is 5.58. The molecule has 1 aromatic heterocycles. The second kappa shape index (κ2) is 11.7. The Labute approximate surface area is 230 Å². The lowest BCUT2D eigenvalue weighted by Crippen LogP contribution is -2.36. The van der Waals surface area contributed by atoms with Crippen LogP contribution in [0.15, 0.2) is 42.5 Å². The zero-order valence-electron chi connectivity index (χ0n) is 24.0. The number of pyridine rings is 1. The minimum Gasteiger partial charge on any atom is -0.492 e. The van der Waals surface area contributed by atoms with E-state index in [-0.39, 0.29) is 18.0 Å². The van der Waals surface area contributed by atoms with Crippen LogP contribution in [0, 0.1) is 5.82 Å². The number of rotatable bonds is 8. The molecule has 0 N–H and O–H groups in total. The molecule has 1 unspecified atom stereocenters. The van der Waals surface area contributed by atoms with Crippen molar-refractivity contribution in [2.24, 2.45) is 0 Å². The summed E-state index contributed by atoms with van der Waals surface area (Å²) < 4.78 is 31.8. The Balaban J connectivity index is 1.55. The summed E-state index contributed by atoms with van der Waals surface area (Å²) in [5.74, 6) is 0.418. The molecule has 0 saturated carbocycles. The minimum atomic E-state index is -0.541. The number of amides is 1. The van der Waals surface area contributed by atoms with Crippen LogP contribution in [0.4, 0.5) is 20.6 Å². The number of aromatic nitrogens is 1. The lowest BCUT2D eigenvalue weighted by molar-refractivity contribution is 0.0278. The van der Waals surface area contributed by atoms with E-state index in [0.717, 1.165) is 47.4 Å². The van der Waals surface area contributed by atoms with Crippen LogP contribution in [0.5, 0.6) is 5.75 Å². The first-order chi connectivity index (χ1) is 18.4. The number of benzene rings is 2. The number of hydrogen-bond donors (Lipinski definition) is 0. The molecule has 1 aliphatic rings. The molecule has 9 heteroatoms. The standard InChI is InChI=1S/C30H39FN4O4/c1-30(2,3)39-29(36)34(6)14-15-38-21-10-8-20(9-11-21)25-17-27(35-13-12-22(19-35)37-7)23-16-24(31)28(33(4)5)18-26(23)32-25/h8-11,16-18,22H,12-15,19H2,1-7H3. The Morgan fingerprint density at radius 1 is 1.13 bits per heavy atom. The van der Waals surface area contributed by atoms with Crippen molar-refractivity contribution in [3.8, 4) is 17.0 Å². The van der Waals surface area contributed by atoms with Crippen LogP contribution in [0.25, 0.3) is 22.2 Å². The number of methoxy groups -OCH3 is 1. The van der Waals surface area contributed by atoms with Crippen molar-refractivity contribution < 1.29 is 23.4 Å². The van der Waals surface area contributed by atoms with Gasteiger partial charge in [-0.25, -0.2) is 14.2 Å². The lowest BCUT2D eigenvalue weighted by Gasteiger charge is -2.24. The maximum absolute atomic E-state index is 15.0. The molecule has 210 valence electrons. The second-order valence-electron chi connectivity index (χ2n) is 11.1. The van der Waals surface area contributed by atoms with E-state index >= 15 is 0 Å². The zero-order chi connectivity index (χ0) is 28.3. The Bertz CT molecular complexity index is 1310. The third kappa shape index (κ3) is 6.89. The maximum atomic E-state index is 15.0. The van der Waals surface area contributed by atoms with Crippen molar-refractivity contribution in [2.45, 2.75) is 38.9 Å². The highest BCUT2D eigenvalue weighted by Gasteiger charge is 2.25. The number of likely N-dealkylation sites (N-methyl/N-ethyl adjacent to an activating group) is 1. The largest absolute Gasteiger partial charge is 0.492 e. The van der Waals surface area contributed by atoms with Crippen LogP contribution in [-0.2, 0) is 9.47 Å². The molecule has 8 nitrogen and oxygen atoms in total. The third-order valence-corrected chi connectivity index (χ3v) is 6.71. The highest BCUT2D eigenvalue weighted by atomic mass is 19.1. The topological polar surface area (TPSA) is 67.4 Å². The average molecular weight is 539 g/mol. The van der Waals surface area contributed by atoms with Gasteiger partial charge in [0.25, 0.3) is 0 Å². The Kier molecular flexibility index (Phi) is 8.49. The molecule has 2 aromatic carbocycles. The molecule has 0 radical (unpaired) electrons. The van der Waals surface area contributed by atoms with Gasteiger partial charge in [-0.2, -0.15) is 0 Å². The Morgan fingerprint density at radius 3 is 2.46 bits per heavy atom. The number of carbonyl (C=O) groups excluding carboxylic acids is 1. The lowest BCUT2D eigenvalue weighted by atomic mass is 10.1. The number of fused-ring (bicyclic) bond motifs is 1. The summed E-state index contributed by atoms with van der Waals surface area (Å²) >= 11 is 0. The van der Waals surface area contributed by atoms with E-state index in [2.05, 4.69) is 4.90 Å². The van der Waals surface area contributed by atoms with Gasteiger partial charge in [0, 0.05) is 58.0 Å². The molecule has 1 atom stereocenters. The molecule has 1 fully saturated rings. The van der Waals surface area contributed by atoms with E-state index in [1.54, 1.807) is 31.2 Å². The second-order valence-corrected chi connectivity index (χ2v) is 11.1. The SMILES string of the molecule is COC1CCN(c2cc(-c3ccc(OCCN(C)C(=O)OC(C)(C)C)cc3)nc3cc(N(C)C)c(F)cc23)C1. The Morgan fingerprint density at radius 2 is 1.85 bits per heavy atom. The van der Waals surface area contributed by atoms with Gasteiger partial charge in [-0.1, -0.05) is 0 Å². The van der Waals surface area contributed by atoms with Crippen LogP contribution in [-0.4, -0.2) is 82.2 Å². The van der Waals surface area contributed by atoms with Gasteiger partial charge in [0.2, 0.25) is 0 Å². The highest BCUT2D eigenvalue weighted by Crippen LogP contribution is 2.36. The molecular formula is C30H39FN4O4. The fourth-order valence-electron chi connectivity index (χ4n) is 4.56. The summed E-state index contributed by atoms with van der Waals surface area (Å²) in [7, 11) is 7.06. The Hall–Kier alpha value is -3.59. The quantitative estimate of drug-likeness (QED) is 0.371. The maximum Gasteiger partial charge on any atom is 0.410 e. The molecule has 1 amide bonds. The summed E-state index contributed by atoms with van der Waals surface area (Å²) in [4.78, 5) is 22.6. The predicted molar refractivity (Wildman–Crippen MR) is 153 cm³/mol. The number of ether oxygens (including phenoxy) is 3. The van der Waals surface area contributed by atoms with Crippen molar-refractivity contribution in [3.05, 3.63) is 48.3 Å². The molecule has 39 heavy (non-hydrogen) atoms. The van der Waals surface area contributed by atoms with Crippen LogP contribution in [0.2, 0.25) is 0 Å². The summed E-state index contributed by atoms with van der Waals surface area (Å²) in [6, 6.07) is 13.1. The summed E-state index contributed by atoms with van der Waals surface area (Å²) in [5.41, 5.74) is 3.36.